The summed E-state index contributed by atoms with van der Waals surface area (Å²) < 4.78 is 5.75. The predicted octanol–water partition coefficient (Wildman–Crippen LogP) is 1.52. The molecule has 0 aliphatic carbocycles. The van der Waals surface area contributed by atoms with Crippen molar-refractivity contribution in [3.05, 3.63) is 10.6 Å². The number of aromatic nitrogens is 1. The quantitative estimate of drug-likeness (QED) is 0.867. The lowest BCUT2D eigenvalue weighted by molar-refractivity contribution is 0.0305. The van der Waals surface area contributed by atoms with Gasteiger partial charge in [0, 0.05) is 18.0 Å². The Bertz CT molecular complexity index is 448. The van der Waals surface area contributed by atoms with Crippen molar-refractivity contribution in [1.82, 2.24) is 4.98 Å². The van der Waals surface area contributed by atoms with Crippen molar-refractivity contribution in [2.75, 3.05) is 18.0 Å². The van der Waals surface area contributed by atoms with Crippen molar-refractivity contribution < 1.29 is 14.6 Å². The first-order chi connectivity index (χ1) is 8.13. The number of ether oxygens (including phenoxy) is 1. The Hall–Kier alpha value is -1.14. The van der Waals surface area contributed by atoms with Crippen LogP contribution in [0.1, 0.15) is 28.2 Å². The van der Waals surface area contributed by atoms with E-state index in [1.165, 1.54) is 11.3 Å². The van der Waals surface area contributed by atoms with Gasteiger partial charge in [-0.2, -0.15) is 0 Å². The van der Waals surface area contributed by atoms with Crippen molar-refractivity contribution >= 4 is 22.4 Å². The summed E-state index contributed by atoms with van der Waals surface area (Å²) in [5.74, 6) is -0.943. The van der Waals surface area contributed by atoms with E-state index in [1.807, 2.05) is 0 Å². The molecule has 92 valence electrons. The molecule has 6 heteroatoms. The number of thiazole rings is 1. The normalized spacial score (nSPS) is 27.5. The van der Waals surface area contributed by atoms with Gasteiger partial charge < -0.3 is 14.7 Å². The van der Waals surface area contributed by atoms with Gasteiger partial charge in [-0.3, -0.25) is 0 Å². The van der Waals surface area contributed by atoms with Crippen molar-refractivity contribution in [2.45, 2.75) is 32.0 Å². The van der Waals surface area contributed by atoms with Gasteiger partial charge in [0.15, 0.2) is 10.8 Å². The molecule has 2 unspecified atom stereocenters. The van der Waals surface area contributed by atoms with Crippen LogP contribution < -0.4 is 4.90 Å². The van der Waals surface area contributed by atoms with E-state index in [9.17, 15) is 4.79 Å². The van der Waals surface area contributed by atoms with Gasteiger partial charge in [-0.15, -0.1) is 11.3 Å². The molecule has 3 rings (SSSR count). The molecule has 0 spiro atoms. The van der Waals surface area contributed by atoms with E-state index in [0.29, 0.717) is 12.2 Å². The Labute approximate surface area is 103 Å². The Morgan fingerprint density at radius 1 is 1.47 bits per heavy atom. The first-order valence-corrected chi connectivity index (χ1v) is 6.56. The van der Waals surface area contributed by atoms with Gasteiger partial charge in [0.25, 0.3) is 0 Å². The van der Waals surface area contributed by atoms with Gasteiger partial charge in [0.1, 0.15) is 0 Å². The number of hydrogen-bond acceptors (Lipinski definition) is 5. The van der Waals surface area contributed by atoms with E-state index in [2.05, 4.69) is 9.88 Å². The summed E-state index contributed by atoms with van der Waals surface area (Å²) in [6.45, 7) is 3.48. The standard InChI is InChI=1S/C11H14N2O3S/c1-6-9(10(14)15)12-11(17-6)13-4-7-2-3-8(5-13)16-7/h7-8H,2-5H2,1H3,(H,14,15). The summed E-state index contributed by atoms with van der Waals surface area (Å²) in [5.41, 5.74) is 0.184. The third-order valence-electron chi connectivity index (χ3n) is 3.30. The predicted molar refractivity (Wildman–Crippen MR) is 63.9 cm³/mol. The lowest BCUT2D eigenvalue weighted by Gasteiger charge is -2.31. The van der Waals surface area contributed by atoms with Crippen molar-refractivity contribution in [3.8, 4) is 0 Å². The fourth-order valence-corrected chi connectivity index (χ4v) is 3.41. The molecule has 2 atom stereocenters. The largest absolute Gasteiger partial charge is 0.476 e. The molecule has 1 aromatic heterocycles. The lowest BCUT2D eigenvalue weighted by Crippen LogP contribution is -2.42. The Kier molecular flexibility index (Phi) is 2.56. The van der Waals surface area contributed by atoms with E-state index in [1.54, 1.807) is 6.92 Å². The van der Waals surface area contributed by atoms with Crippen LogP contribution in [0.2, 0.25) is 0 Å². The molecule has 2 aliphatic rings. The number of carbonyl (C=O) groups is 1. The van der Waals surface area contributed by atoms with Gasteiger partial charge in [-0.05, 0) is 19.8 Å². The highest BCUT2D eigenvalue weighted by Crippen LogP contribution is 2.32. The van der Waals surface area contributed by atoms with E-state index in [4.69, 9.17) is 9.84 Å². The second-order valence-electron chi connectivity index (χ2n) is 4.57. The SMILES string of the molecule is Cc1sc(N2CC3CCC(C2)O3)nc1C(=O)O. The molecule has 0 radical (unpaired) electrons. The van der Waals surface area contributed by atoms with E-state index in [-0.39, 0.29) is 5.69 Å². The molecular formula is C11H14N2O3S. The first kappa shape index (κ1) is 11.0. The van der Waals surface area contributed by atoms with Gasteiger partial charge >= 0.3 is 5.97 Å². The topological polar surface area (TPSA) is 62.7 Å². The molecule has 17 heavy (non-hydrogen) atoms. The molecular weight excluding hydrogens is 240 g/mol. The zero-order valence-electron chi connectivity index (χ0n) is 9.55. The monoisotopic (exact) mass is 254 g/mol. The summed E-state index contributed by atoms with van der Waals surface area (Å²) in [7, 11) is 0. The maximum absolute atomic E-state index is 11.0. The van der Waals surface area contributed by atoms with Crippen LogP contribution in [0.4, 0.5) is 5.13 Å². The number of carboxylic acids is 1. The summed E-state index contributed by atoms with van der Waals surface area (Å²) in [5, 5.41) is 9.81. The minimum atomic E-state index is -0.943. The van der Waals surface area contributed by atoms with Crippen LogP contribution in [0.15, 0.2) is 0 Å². The van der Waals surface area contributed by atoms with Gasteiger partial charge in [0.05, 0.1) is 12.2 Å². The average Bonchev–Trinajstić information content (AvgIpc) is 2.82. The second kappa shape index (κ2) is 3.96. The fourth-order valence-electron chi connectivity index (χ4n) is 2.49. The number of hydrogen-bond donors (Lipinski definition) is 1. The number of aromatic carboxylic acids is 1. The Balaban J connectivity index is 1.84. The van der Waals surface area contributed by atoms with Gasteiger partial charge in [-0.25, -0.2) is 9.78 Å². The van der Waals surface area contributed by atoms with Gasteiger partial charge in [0.2, 0.25) is 0 Å². The number of rotatable bonds is 2. The number of morpholine rings is 1. The molecule has 1 N–H and O–H groups in total. The summed E-state index contributed by atoms with van der Waals surface area (Å²) in [4.78, 5) is 18.1. The maximum atomic E-state index is 11.0. The maximum Gasteiger partial charge on any atom is 0.355 e. The van der Waals surface area contributed by atoms with Crippen LogP contribution in [0, 0.1) is 6.92 Å². The van der Waals surface area contributed by atoms with Crippen molar-refractivity contribution in [3.63, 3.8) is 0 Å². The number of aryl methyl sites for hydroxylation is 1. The number of nitrogens with zero attached hydrogens (tertiary/aromatic N) is 2. The molecule has 2 aliphatic heterocycles. The highest BCUT2D eigenvalue weighted by atomic mass is 32.1. The minimum absolute atomic E-state index is 0.184. The van der Waals surface area contributed by atoms with Crippen LogP contribution in [0.25, 0.3) is 0 Å². The number of carboxylic acid groups (broad SMARTS) is 1. The third-order valence-corrected chi connectivity index (χ3v) is 4.33. The lowest BCUT2D eigenvalue weighted by atomic mass is 10.2. The molecule has 2 saturated heterocycles. The van der Waals surface area contributed by atoms with Crippen LogP contribution in [0.5, 0.6) is 0 Å². The van der Waals surface area contributed by atoms with Crippen LogP contribution in [0.3, 0.4) is 0 Å². The number of anilines is 1. The molecule has 0 amide bonds. The first-order valence-electron chi connectivity index (χ1n) is 5.74. The van der Waals surface area contributed by atoms with E-state index in [0.717, 1.165) is 35.9 Å². The average molecular weight is 254 g/mol. The molecule has 0 saturated carbocycles. The highest BCUT2D eigenvalue weighted by Gasteiger charge is 2.35. The molecule has 5 nitrogen and oxygen atoms in total. The van der Waals surface area contributed by atoms with Crippen molar-refractivity contribution in [1.29, 1.82) is 0 Å². The molecule has 0 aromatic carbocycles. The zero-order chi connectivity index (χ0) is 12.0. The third kappa shape index (κ3) is 1.91. The van der Waals surface area contributed by atoms with Crippen LogP contribution in [-0.4, -0.2) is 41.4 Å². The molecule has 2 fully saturated rings. The van der Waals surface area contributed by atoms with Crippen molar-refractivity contribution in [2.24, 2.45) is 0 Å². The van der Waals surface area contributed by atoms with E-state index < -0.39 is 5.97 Å². The summed E-state index contributed by atoms with van der Waals surface area (Å²) >= 11 is 1.46. The van der Waals surface area contributed by atoms with Crippen LogP contribution in [-0.2, 0) is 4.74 Å². The fraction of sp³-hybridized carbons (Fsp3) is 0.636. The Morgan fingerprint density at radius 3 is 2.65 bits per heavy atom. The summed E-state index contributed by atoms with van der Waals surface area (Å²) in [6.07, 6.45) is 2.81. The Morgan fingerprint density at radius 2 is 2.12 bits per heavy atom. The molecule has 3 heterocycles. The summed E-state index contributed by atoms with van der Waals surface area (Å²) in [6, 6.07) is 0. The minimum Gasteiger partial charge on any atom is -0.476 e. The highest BCUT2D eigenvalue weighted by molar-refractivity contribution is 7.15. The number of fused-ring (bicyclic) bond motifs is 2. The second-order valence-corrected chi connectivity index (χ2v) is 5.75. The molecule has 1 aromatic rings. The van der Waals surface area contributed by atoms with E-state index >= 15 is 0 Å². The zero-order valence-corrected chi connectivity index (χ0v) is 10.4. The molecule has 2 bridgehead atoms. The van der Waals surface area contributed by atoms with Crippen LogP contribution >= 0.6 is 11.3 Å². The smallest absolute Gasteiger partial charge is 0.355 e. The van der Waals surface area contributed by atoms with Gasteiger partial charge in [-0.1, -0.05) is 0 Å².